The van der Waals surface area contributed by atoms with Gasteiger partial charge in [-0.25, -0.2) is 4.79 Å². The predicted octanol–water partition coefficient (Wildman–Crippen LogP) is 4.48. The molecule has 1 saturated heterocycles. The van der Waals surface area contributed by atoms with E-state index in [2.05, 4.69) is 15.9 Å². The van der Waals surface area contributed by atoms with Gasteiger partial charge in [-0.05, 0) is 29.3 Å². The van der Waals surface area contributed by atoms with E-state index in [9.17, 15) is 14.7 Å². The molecule has 1 N–H and O–H groups in total. The number of halogens is 1. The van der Waals surface area contributed by atoms with Crippen LogP contribution in [-0.2, 0) is 9.59 Å². The van der Waals surface area contributed by atoms with Crippen LogP contribution >= 0.6 is 39.9 Å². The van der Waals surface area contributed by atoms with Crippen LogP contribution in [-0.4, -0.2) is 26.2 Å². The van der Waals surface area contributed by atoms with Crippen molar-refractivity contribution < 1.29 is 14.7 Å². The second-order valence-corrected chi connectivity index (χ2v) is 7.85. The number of hydrogen-bond acceptors (Lipinski definition) is 4. The van der Waals surface area contributed by atoms with Gasteiger partial charge in [-0.2, -0.15) is 0 Å². The van der Waals surface area contributed by atoms with Crippen molar-refractivity contribution in [3.8, 4) is 0 Å². The lowest BCUT2D eigenvalue weighted by molar-refractivity contribution is -0.145. The van der Waals surface area contributed by atoms with Crippen LogP contribution < -0.4 is 0 Å². The second kappa shape index (κ2) is 7.51. The van der Waals surface area contributed by atoms with Crippen molar-refractivity contribution in [1.82, 2.24) is 4.90 Å². The van der Waals surface area contributed by atoms with Gasteiger partial charge in [0.1, 0.15) is 4.32 Å². The van der Waals surface area contributed by atoms with E-state index in [4.69, 9.17) is 12.2 Å². The first kappa shape index (κ1) is 17.8. The van der Waals surface area contributed by atoms with Crippen molar-refractivity contribution in [2.75, 3.05) is 0 Å². The van der Waals surface area contributed by atoms with Crippen molar-refractivity contribution in [1.29, 1.82) is 0 Å². The summed E-state index contributed by atoms with van der Waals surface area (Å²) in [6.45, 7) is 0. The van der Waals surface area contributed by atoms with Gasteiger partial charge in [0.25, 0.3) is 5.91 Å². The number of hydrogen-bond donors (Lipinski definition) is 1. The van der Waals surface area contributed by atoms with E-state index in [0.717, 1.165) is 21.8 Å². The smallest absolute Gasteiger partial charge is 0.331 e. The van der Waals surface area contributed by atoms with Gasteiger partial charge in [0.05, 0.1) is 4.91 Å². The second-order valence-electron chi connectivity index (χ2n) is 5.26. The van der Waals surface area contributed by atoms with Gasteiger partial charge < -0.3 is 5.11 Å². The standard InChI is InChI=1S/C18H12BrNO3S2/c19-13-8-4-5-11(9-13)10-14-16(21)20(18(24)25-14)15(17(22)23)12-6-2-1-3-7-12/h1-10,15H,(H,22,23)/b14-10-/t15-/m1/s1. The summed E-state index contributed by atoms with van der Waals surface area (Å²) in [6.07, 6.45) is 1.72. The SMILES string of the molecule is O=C(O)[C@@H](c1ccccc1)N1C(=O)/C(=C/c2cccc(Br)c2)SC1=S. The van der Waals surface area contributed by atoms with Crippen molar-refractivity contribution in [3.63, 3.8) is 0 Å². The van der Waals surface area contributed by atoms with E-state index in [1.807, 2.05) is 24.3 Å². The summed E-state index contributed by atoms with van der Waals surface area (Å²) in [6, 6.07) is 15.0. The Bertz CT molecular complexity index is 883. The molecule has 1 fully saturated rings. The summed E-state index contributed by atoms with van der Waals surface area (Å²) in [4.78, 5) is 26.2. The molecule has 1 aliphatic rings. The van der Waals surface area contributed by atoms with Crippen LogP contribution in [0.15, 0.2) is 64.0 Å². The Balaban J connectivity index is 1.96. The number of carbonyl (C=O) groups is 2. The van der Waals surface area contributed by atoms with E-state index in [1.165, 1.54) is 4.90 Å². The zero-order chi connectivity index (χ0) is 18.0. The predicted molar refractivity (Wildman–Crippen MR) is 106 cm³/mol. The van der Waals surface area contributed by atoms with Gasteiger partial charge in [0, 0.05) is 4.47 Å². The Morgan fingerprint density at radius 1 is 1.20 bits per heavy atom. The molecule has 3 rings (SSSR count). The van der Waals surface area contributed by atoms with Gasteiger partial charge in [0.2, 0.25) is 0 Å². The highest BCUT2D eigenvalue weighted by molar-refractivity contribution is 9.10. The number of aliphatic carboxylic acids is 1. The summed E-state index contributed by atoms with van der Waals surface area (Å²) in [5, 5.41) is 9.65. The molecule has 0 radical (unpaired) electrons. The molecule has 0 spiro atoms. The number of amides is 1. The van der Waals surface area contributed by atoms with Gasteiger partial charge in [-0.3, -0.25) is 9.69 Å². The van der Waals surface area contributed by atoms with Crippen LogP contribution in [0.25, 0.3) is 6.08 Å². The summed E-state index contributed by atoms with van der Waals surface area (Å²) in [5.41, 5.74) is 1.34. The lowest BCUT2D eigenvalue weighted by Crippen LogP contribution is -2.37. The number of thiocarbonyl (C=S) groups is 1. The molecule has 0 saturated carbocycles. The van der Waals surface area contributed by atoms with Gasteiger partial charge in [-0.15, -0.1) is 0 Å². The van der Waals surface area contributed by atoms with Crippen LogP contribution in [0.3, 0.4) is 0 Å². The highest BCUT2D eigenvalue weighted by Crippen LogP contribution is 2.38. The van der Waals surface area contributed by atoms with Crippen LogP contribution in [0.5, 0.6) is 0 Å². The van der Waals surface area contributed by atoms with Crippen molar-refractivity contribution in [2.45, 2.75) is 6.04 Å². The Morgan fingerprint density at radius 3 is 2.56 bits per heavy atom. The quantitative estimate of drug-likeness (QED) is 0.568. The van der Waals surface area contributed by atoms with Crippen LogP contribution in [0.4, 0.5) is 0 Å². The third-order valence-corrected chi connectivity index (χ3v) is 5.40. The fraction of sp³-hybridized carbons (Fsp3) is 0.0556. The maximum absolute atomic E-state index is 12.8. The Kier molecular flexibility index (Phi) is 5.36. The molecule has 2 aromatic rings. The van der Waals surface area contributed by atoms with E-state index in [0.29, 0.717) is 10.5 Å². The number of carboxylic acid groups (broad SMARTS) is 1. The molecule has 1 heterocycles. The maximum Gasteiger partial charge on any atom is 0.331 e. The molecule has 0 aliphatic carbocycles. The topological polar surface area (TPSA) is 57.6 Å². The molecule has 0 bridgehead atoms. The first-order valence-electron chi connectivity index (χ1n) is 7.28. The third-order valence-electron chi connectivity index (χ3n) is 3.58. The lowest BCUT2D eigenvalue weighted by atomic mass is 10.1. The van der Waals surface area contributed by atoms with Crippen LogP contribution in [0.2, 0.25) is 0 Å². The summed E-state index contributed by atoms with van der Waals surface area (Å²) < 4.78 is 1.13. The molecule has 25 heavy (non-hydrogen) atoms. The van der Waals surface area contributed by atoms with Gasteiger partial charge in [-0.1, -0.05) is 82.4 Å². The third kappa shape index (κ3) is 3.84. The molecule has 0 aromatic heterocycles. The Hall–Kier alpha value is -1.96. The minimum atomic E-state index is -1.14. The van der Waals surface area contributed by atoms with Crippen molar-refractivity contribution in [3.05, 3.63) is 75.1 Å². The average Bonchev–Trinajstić information content (AvgIpc) is 2.84. The Labute approximate surface area is 162 Å². The normalized spacial score (nSPS) is 17.2. The van der Waals surface area contributed by atoms with Crippen LogP contribution in [0.1, 0.15) is 17.2 Å². The largest absolute Gasteiger partial charge is 0.479 e. The summed E-state index contributed by atoms with van der Waals surface area (Å²) in [5.74, 6) is -1.52. The van der Waals surface area contributed by atoms with Gasteiger partial charge >= 0.3 is 5.97 Å². The first-order chi connectivity index (χ1) is 12.0. The fourth-order valence-electron chi connectivity index (χ4n) is 2.49. The number of carbonyl (C=O) groups excluding carboxylic acids is 1. The zero-order valence-electron chi connectivity index (χ0n) is 12.8. The highest BCUT2D eigenvalue weighted by Gasteiger charge is 2.41. The van der Waals surface area contributed by atoms with E-state index >= 15 is 0 Å². The number of benzene rings is 2. The zero-order valence-corrected chi connectivity index (χ0v) is 16.0. The van der Waals surface area contributed by atoms with E-state index in [-0.39, 0.29) is 4.32 Å². The number of rotatable bonds is 4. The lowest BCUT2D eigenvalue weighted by Gasteiger charge is -2.23. The maximum atomic E-state index is 12.8. The molecule has 1 amide bonds. The minimum Gasteiger partial charge on any atom is -0.479 e. The average molecular weight is 434 g/mol. The fourth-order valence-corrected chi connectivity index (χ4v) is 4.22. The highest BCUT2D eigenvalue weighted by atomic mass is 79.9. The number of carboxylic acids is 1. The molecular formula is C18H12BrNO3S2. The van der Waals surface area contributed by atoms with E-state index < -0.39 is 17.9 Å². The van der Waals surface area contributed by atoms with Crippen LogP contribution in [0, 0.1) is 0 Å². The first-order valence-corrected chi connectivity index (χ1v) is 9.29. The molecule has 1 aliphatic heterocycles. The molecule has 126 valence electrons. The molecule has 2 aromatic carbocycles. The van der Waals surface area contributed by atoms with Crippen molar-refractivity contribution >= 4 is 62.2 Å². The summed E-state index contributed by atoms with van der Waals surface area (Å²) >= 11 is 9.79. The molecular weight excluding hydrogens is 422 g/mol. The minimum absolute atomic E-state index is 0.238. The molecule has 4 nitrogen and oxygen atoms in total. The Morgan fingerprint density at radius 2 is 1.92 bits per heavy atom. The van der Waals surface area contributed by atoms with E-state index in [1.54, 1.807) is 36.4 Å². The molecule has 0 unspecified atom stereocenters. The molecule has 7 heteroatoms. The van der Waals surface area contributed by atoms with Gasteiger partial charge in [0.15, 0.2) is 6.04 Å². The monoisotopic (exact) mass is 433 g/mol. The van der Waals surface area contributed by atoms with Crippen molar-refractivity contribution in [2.24, 2.45) is 0 Å². The summed E-state index contributed by atoms with van der Waals surface area (Å²) in [7, 11) is 0. The number of nitrogens with zero attached hydrogens (tertiary/aromatic N) is 1. The number of thioether (sulfide) groups is 1. The molecule has 1 atom stereocenters.